The summed E-state index contributed by atoms with van der Waals surface area (Å²) in [5.74, 6) is 1.12. The minimum atomic E-state index is -0.265. The molecule has 0 saturated heterocycles. The second-order valence-electron chi connectivity index (χ2n) is 8.42. The van der Waals surface area contributed by atoms with E-state index in [0.29, 0.717) is 11.8 Å². The van der Waals surface area contributed by atoms with Gasteiger partial charge < -0.3 is 15.5 Å². The Balaban J connectivity index is 1.88. The van der Waals surface area contributed by atoms with Crippen molar-refractivity contribution >= 4 is 17.5 Å². The van der Waals surface area contributed by atoms with Gasteiger partial charge in [-0.1, -0.05) is 38.8 Å². The topological polar surface area (TPSA) is 62.6 Å². The second-order valence-corrected chi connectivity index (χ2v) is 8.42. The zero-order valence-corrected chi connectivity index (χ0v) is 17.7. The predicted molar refractivity (Wildman–Crippen MR) is 110 cm³/mol. The number of rotatable bonds is 6. The second kappa shape index (κ2) is 9.36. The number of nitrogens with one attached hydrogen (secondary N) is 3. The lowest BCUT2D eigenvalue weighted by atomic mass is 9.78. The number of anilines is 1. The van der Waals surface area contributed by atoms with Gasteiger partial charge in [0, 0.05) is 11.7 Å². The lowest BCUT2D eigenvalue weighted by molar-refractivity contribution is -0.885. The van der Waals surface area contributed by atoms with Crippen molar-refractivity contribution in [3.8, 4) is 0 Å². The summed E-state index contributed by atoms with van der Waals surface area (Å²) in [6, 6.07) is 5.87. The van der Waals surface area contributed by atoms with Crippen LogP contribution < -0.4 is 15.5 Å². The van der Waals surface area contributed by atoms with E-state index >= 15 is 0 Å². The van der Waals surface area contributed by atoms with Crippen molar-refractivity contribution in [3.63, 3.8) is 0 Å². The van der Waals surface area contributed by atoms with E-state index in [0.717, 1.165) is 28.1 Å². The molecule has 3 N–H and O–H groups in total. The van der Waals surface area contributed by atoms with Crippen molar-refractivity contribution in [1.82, 2.24) is 5.32 Å². The van der Waals surface area contributed by atoms with Crippen LogP contribution in [-0.4, -0.2) is 37.5 Å². The SMILES string of the molecule is Cc1cccc(NC(=O)C[NH+](C)[C@@H](C)C(=O)N[C@@H]2CCC[C@H](C)[C@@H]2C)c1C. The first kappa shape index (κ1) is 21.4. The van der Waals surface area contributed by atoms with Crippen molar-refractivity contribution in [2.75, 3.05) is 18.9 Å². The lowest BCUT2D eigenvalue weighted by Crippen LogP contribution is -3.15. The van der Waals surface area contributed by atoms with Crippen molar-refractivity contribution < 1.29 is 14.5 Å². The molecule has 0 bridgehead atoms. The summed E-state index contributed by atoms with van der Waals surface area (Å²) in [7, 11) is 1.90. The molecule has 0 aromatic heterocycles. The van der Waals surface area contributed by atoms with Crippen molar-refractivity contribution in [2.24, 2.45) is 11.8 Å². The van der Waals surface area contributed by atoms with Gasteiger partial charge in [0.2, 0.25) is 0 Å². The largest absolute Gasteiger partial charge is 0.348 e. The van der Waals surface area contributed by atoms with E-state index in [9.17, 15) is 9.59 Å². The van der Waals surface area contributed by atoms with Gasteiger partial charge in [-0.25, -0.2) is 0 Å². The summed E-state index contributed by atoms with van der Waals surface area (Å²) in [6.45, 7) is 10.7. The smallest absolute Gasteiger partial charge is 0.279 e. The first-order valence-electron chi connectivity index (χ1n) is 10.2. The number of quaternary nitrogens is 1. The van der Waals surface area contributed by atoms with Crippen LogP contribution in [0.3, 0.4) is 0 Å². The highest BCUT2D eigenvalue weighted by atomic mass is 16.2. The molecule has 2 amide bonds. The summed E-state index contributed by atoms with van der Waals surface area (Å²) in [5.41, 5.74) is 3.07. The summed E-state index contributed by atoms with van der Waals surface area (Å²) in [4.78, 5) is 26.0. The number of likely N-dealkylation sites (N-methyl/N-ethyl adjacent to an activating group) is 1. The molecule has 1 aliphatic rings. The molecule has 5 atom stereocenters. The van der Waals surface area contributed by atoms with Crippen molar-refractivity contribution in [1.29, 1.82) is 0 Å². The average molecular weight is 375 g/mol. The van der Waals surface area contributed by atoms with E-state index in [1.165, 1.54) is 12.8 Å². The standard InChI is InChI=1S/C22H35N3O2/c1-14-9-7-11-19(16(14)3)23-21(26)13-25(6)18(5)22(27)24-20-12-8-10-15(2)17(20)4/h7,9,11,15,17-18,20H,8,10,12-13H2,1-6H3,(H,23,26)(H,24,27)/p+1/t15-,17-,18-,20+/m0/s1. The molecule has 1 aromatic carbocycles. The Hall–Kier alpha value is -1.88. The van der Waals surface area contributed by atoms with Crippen LogP contribution in [0.2, 0.25) is 0 Å². The Morgan fingerprint density at radius 2 is 1.93 bits per heavy atom. The molecule has 1 aromatic rings. The van der Waals surface area contributed by atoms with Crippen LogP contribution in [0.1, 0.15) is 51.2 Å². The van der Waals surface area contributed by atoms with Gasteiger partial charge in [-0.15, -0.1) is 0 Å². The molecule has 0 spiro atoms. The number of aryl methyl sites for hydroxylation is 1. The zero-order valence-electron chi connectivity index (χ0n) is 17.7. The summed E-state index contributed by atoms with van der Waals surface area (Å²) < 4.78 is 0. The number of carbonyl (C=O) groups is 2. The third-order valence-corrected chi connectivity index (χ3v) is 6.49. The fourth-order valence-corrected chi connectivity index (χ4v) is 3.80. The number of hydrogen-bond acceptors (Lipinski definition) is 2. The van der Waals surface area contributed by atoms with E-state index in [2.05, 4.69) is 24.5 Å². The normalized spacial score (nSPS) is 24.7. The molecule has 0 heterocycles. The zero-order chi connectivity index (χ0) is 20.1. The Morgan fingerprint density at radius 3 is 2.63 bits per heavy atom. The van der Waals surface area contributed by atoms with E-state index < -0.39 is 0 Å². The van der Waals surface area contributed by atoms with Crippen LogP contribution in [0.15, 0.2) is 18.2 Å². The van der Waals surface area contributed by atoms with E-state index in [1.54, 1.807) is 0 Å². The summed E-state index contributed by atoms with van der Waals surface area (Å²) >= 11 is 0. The van der Waals surface area contributed by atoms with Crippen LogP contribution in [0.25, 0.3) is 0 Å². The highest BCUT2D eigenvalue weighted by Gasteiger charge is 2.31. The molecular weight excluding hydrogens is 338 g/mol. The molecule has 1 saturated carbocycles. The maximum Gasteiger partial charge on any atom is 0.279 e. The highest BCUT2D eigenvalue weighted by molar-refractivity contribution is 5.92. The van der Waals surface area contributed by atoms with Crippen molar-refractivity contribution in [3.05, 3.63) is 29.3 Å². The molecule has 1 unspecified atom stereocenters. The monoisotopic (exact) mass is 374 g/mol. The lowest BCUT2D eigenvalue weighted by Gasteiger charge is -2.35. The van der Waals surface area contributed by atoms with E-state index in [4.69, 9.17) is 0 Å². The van der Waals surface area contributed by atoms with Gasteiger partial charge >= 0.3 is 0 Å². The first-order chi connectivity index (χ1) is 12.7. The number of carbonyl (C=O) groups excluding carboxylic acids is 2. The quantitative estimate of drug-likeness (QED) is 0.714. The fraction of sp³-hybridized carbons (Fsp3) is 0.636. The van der Waals surface area contributed by atoms with E-state index in [1.807, 2.05) is 46.0 Å². The minimum Gasteiger partial charge on any atom is -0.348 e. The predicted octanol–water partition coefficient (Wildman–Crippen LogP) is 2.09. The van der Waals surface area contributed by atoms with Gasteiger partial charge in [-0.05, 0) is 56.2 Å². The molecule has 150 valence electrons. The number of benzene rings is 1. The molecule has 1 aliphatic carbocycles. The first-order valence-corrected chi connectivity index (χ1v) is 10.2. The maximum atomic E-state index is 12.7. The molecular formula is C22H36N3O2+. The molecule has 2 rings (SSSR count). The van der Waals surface area contributed by atoms with E-state index in [-0.39, 0.29) is 30.4 Å². The van der Waals surface area contributed by atoms with Crippen LogP contribution >= 0.6 is 0 Å². The number of hydrogen-bond donors (Lipinski definition) is 3. The Labute approximate surface area is 163 Å². The average Bonchev–Trinajstić information content (AvgIpc) is 2.62. The van der Waals surface area contributed by atoms with Gasteiger partial charge in [-0.3, -0.25) is 9.59 Å². The Bertz CT molecular complexity index is 674. The maximum absolute atomic E-state index is 12.7. The molecule has 5 nitrogen and oxygen atoms in total. The third kappa shape index (κ3) is 5.55. The number of amides is 2. The molecule has 5 heteroatoms. The van der Waals surface area contributed by atoms with Crippen LogP contribution in [0.4, 0.5) is 5.69 Å². The Morgan fingerprint density at radius 1 is 1.22 bits per heavy atom. The molecule has 0 radical (unpaired) electrons. The molecule has 27 heavy (non-hydrogen) atoms. The third-order valence-electron chi connectivity index (χ3n) is 6.49. The van der Waals surface area contributed by atoms with Gasteiger partial charge in [-0.2, -0.15) is 0 Å². The van der Waals surface area contributed by atoms with Crippen molar-refractivity contribution in [2.45, 2.75) is 66.0 Å². The van der Waals surface area contributed by atoms with Gasteiger partial charge in [0.25, 0.3) is 11.8 Å². The fourth-order valence-electron chi connectivity index (χ4n) is 3.80. The molecule has 1 fully saturated rings. The summed E-state index contributed by atoms with van der Waals surface area (Å²) in [6.07, 6.45) is 3.47. The summed E-state index contributed by atoms with van der Waals surface area (Å²) in [5, 5.41) is 6.21. The van der Waals surface area contributed by atoms with Gasteiger partial charge in [0.05, 0.1) is 7.05 Å². The highest BCUT2D eigenvalue weighted by Crippen LogP contribution is 2.29. The van der Waals surface area contributed by atoms with Gasteiger partial charge in [0.1, 0.15) is 0 Å². The van der Waals surface area contributed by atoms with Crippen LogP contribution in [0.5, 0.6) is 0 Å². The van der Waals surface area contributed by atoms with Crippen LogP contribution in [-0.2, 0) is 9.59 Å². The van der Waals surface area contributed by atoms with Crippen LogP contribution in [0, 0.1) is 25.7 Å². The molecule has 0 aliphatic heterocycles. The minimum absolute atomic E-state index is 0.0398. The van der Waals surface area contributed by atoms with Gasteiger partial charge in [0.15, 0.2) is 12.6 Å². The Kier molecular flexibility index (Phi) is 7.42.